The van der Waals surface area contributed by atoms with Gasteiger partial charge < -0.3 is 4.57 Å². The first kappa shape index (κ1) is 11.9. The van der Waals surface area contributed by atoms with E-state index in [4.69, 9.17) is 0 Å². The van der Waals surface area contributed by atoms with Crippen LogP contribution in [0.25, 0.3) is 0 Å². The number of nitrogens with zero attached hydrogens (tertiary/aromatic N) is 2. The van der Waals surface area contributed by atoms with Crippen LogP contribution in [0, 0.1) is 13.8 Å². The van der Waals surface area contributed by atoms with E-state index in [0.29, 0.717) is 5.92 Å². The highest BCUT2D eigenvalue weighted by Crippen LogP contribution is 2.27. The van der Waals surface area contributed by atoms with Crippen LogP contribution in [0.2, 0.25) is 0 Å². The molecule has 2 nitrogen and oxygen atoms in total. The highest BCUT2D eigenvalue weighted by Gasteiger charge is 2.15. The van der Waals surface area contributed by atoms with Crippen molar-refractivity contribution >= 4 is 0 Å². The average Bonchev–Trinajstić information content (AvgIpc) is 2.80. The summed E-state index contributed by atoms with van der Waals surface area (Å²) in [6.45, 7) is 9.76. The molecule has 0 saturated heterocycles. The molecule has 0 amide bonds. The lowest BCUT2D eigenvalue weighted by atomic mass is 9.91. The summed E-state index contributed by atoms with van der Waals surface area (Å²) in [5, 5.41) is 0. The molecule has 2 aromatic rings. The molecule has 2 heteroatoms. The quantitative estimate of drug-likeness (QED) is 0.783. The van der Waals surface area contributed by atoms with Crippen LogP contribution in [0.1, 0.15) is 42.1 Å². The lowest BCUT2D eigenvalue weighted by Crippen LogP contribution is -2.06. The average molecular weight is 228 g/mol. The molecule has 0 aliphatic carbocycles. The van der Waals surface area contributed by atoms with Gasteiger partial charge in [0.1, 0.15) is 0 Å². The van der Waals surface area contributed by atoms with Crippen LogP contribution in [0.3, 0.4) is 0 Å². The fourth-order valence-electron chi connectivity index (χ4n) is 2.36. The van der Waals surface area contributed by atoms with Crippen LogP contribution in [-0.4, -0.2) is 9.55 Å². The third-order valence-corrected chi connectivity index (χ3v) is 3.64. The minimum absolute atomic E-state index is 0.400. The standard InChI is InChI=1S/C15H20N2/c1-5-17-10-16-9-15(17)13(4)14-8-6-7-11(2)12(14)3/h6-10,13H,5H2,1-4H3. The van der Waals surface area contributed by atoms with Crippen molar-refractivity contribution in [2.75, 3.05) is 0 Å². The van der Waals surface area contributed by atoms with Crippen molar-refractivity contribution in [1.82, 2.24) is 9.55 Å². The molecule has 0 fully saturated rings. The highest BCUT2D eigenvalue weighted by atomic mass is 15.0. The molecule has 1 aromatic heterocycles. The lowest BCUT2D eigenvalue weighted by molar-refractivity contribution is 0.685. The van der Waals surface area contributed by atoms with Gasteiger partial charge in [-0.3, -0.25) is 0 Å². The maximum absolute atomic E-state index is 4.25. The van der Waals surface area contributed by atoms with Crippen molar-refractivity contribution in [2.24, 2.45) is 0 Å². The Morgan fingerprint density at radius 1 is 1.29 bits per heavy atom. The largest absolute Gasteiger partial charge is 0.334 e. The number of aryl methyl sites for hydroxylation is 2. The molecule has 1 atom stereocenters. The Labute approximate surface area is 103 Å². The topological polar surface area (TPSA) is 17.8 Å². The number of rotatable bonds is 3. The number of benzene rings is 1. The van der Waals surface area contributed by atoms with Crippen LogP contribution in [0.5, 0.6) is 0 Å². The van der Waals surface area contributed by atoms with Gasteiger partial charge in [0.15, 0.2) is 0 Å². The molecule has 0 bridgehead atoms. The molecule has 0 aliphatic heterocycles. The van der Waals surface area contributed by atoms with E-state index in [-0.39, 0.29) is 0 Å². The lowest BCUT2D eigenvalue weighted by Gasteiger charge is -2.17. The Kier molecular flexibility index (Phi) is 3.32. The molecule has 17 heavy (non-hydrogen) atoms. The van der Waals surface area contributed by atoms with Crippen LogP contribution in [0.15, 0.2) is 30.7 Å². The second-order valence-corrected chi connectivity index (χ2v) is 4.62. The van der Waals surface area contributed by atoms with E-state index in [9.17, 15) is 0 Å². The Morgan fingerprint density at radius 2 is 2.06 bits per heavy atom. The molecule has 0 N–H and O–H groups in total. The zero-order chi connectivity index (χ0) is 12.4. The number of hydrogen-bond donors (Lipinski definition) is 0. The first-order valence-corrected chi connectivity index (χ1v) is 6.21. The third-order valence-electron chi connectivity index (χ3n) is 3.64. The second-order valence-electron chi connectivity index (χ2n) is 4.62. The summed E-state index contributed by atoms with van der Waals surface area (Å²) in [6.07, 6.45) is 3.90. The van der Waals surface area contributed by atoms with Crippen molar-refractivity contribution in [3.05, 3.63) is 53.1 Å². The fourth-order valence-corrected chi connectivity index (χ4v) is 2.36. The van der Waals surface area contributed by atoms with Crippen molar-refractivity contribution in [3.8, 4) is 0 Å². The molecule has 0 saturated carbocycles. The molecule has 0 aliphatic rings. The van der Waals surface area contributed by atoms with Gasteiger partial charge in [0.05, 0.1) is 6.33 Å². The first-order chi connectivity index (χ1) is 8.15. The van der Waals surface area contributed by atoms with Gasteiger partial charge in [-0.15, -0.1) is 0 Å². The van der Waals surface area contributed by atoms with Crippen molar-refractivity contribution < 1.29 is 0 Å². The van der Waals surface area contributed by atoms with Gasteiger partial charge in [0, 0.05) is 24.4 Å². The summed E-state index contributed by atoms with van der Waals surface area (Å²) < 4.78 is 2.21. The Balaban J connectivity index is 2.44. The summed E-state index contributed by atoms with van der Waals surface area (Å²) in [5.74, 6) is 0.400. The third kappa shape index (κ3) is 2.12. The molecule has 0 spiro atoms. The van der Waals surface area contributed by atoms with Crippen LogP contribution < -0.4 is 0 Å². The normalized spacial score (nSPS) is 12.7. The van der Waals surface area contributed by atoms with E-state index in [2.05, 4.69) is 55.4 Å². The molecule has 0 radical (unpaired) electrons. The van der Waals surface area contributed by atoms with Crippen molar-refractivity contribution in [3.63, 3.8) is 0 Å². The summed E-state index contributed by atoms with van der Waals surface area (Å²) in [5.41, 5.74) is 5.45. The zero-order valence-electron chi connectivity index (χ0n) is 11.1. The monoisotopic (exact) mass is 228 g/mol. The van der Waals surface area contributed by atoms with Crippen LogP contribution in [0.4, 0.5) is 0 Å². The van der Waals surface area contributed by atoms with E-state index in [1.54, 1.807) is 0 Å². The Morgan fingerprint density at radius 3 is 2.76 bits per heavy atom. The summed E-state index contributed by atoms with van der Waals surface area (Å²) >= 11 is 0. The van der Waals surface area contributed by atoms with Gasteiger partial charge in [0.25, 0.3) is 0 Å². The van der Waals surface area contributed by atoms with Crippen molar-refractivity contribution in [1.29, 1.82) is 0 Å². The predicted molar refractivity (Wildman–Crippen MR) is 71.3 cm³/mol. The molecule has 1 unspecified atom stereocenters. The minimum Gasteiger partial charge on any atom is -0.334 e. The zero-order valence-corrected chi connectivity index (χ0v) is 11.1. The van der Waals surface area contributed by atoms with Gasteiger partial charge in [-0.05, 0) is 37.5 Å². The maximum atomic E-state index is 4.25. The smallest absolute Gasteiger partial charge is 0.0948 e. The van der Waals surface area contributed by atoms with Crippen LogP contribution in [-0.2, 0) is 6.54 Å². The predicted octanol–water partition coefficient (Wildman–Crippen LogP) is 3.67. The van der Waals surface area contributed by atoms with E-state index in [1.807, 2.05) is 12.5 Å². The van der Waals surface area contributed by atoms with Gasteiger partial charge in [0.2, 0.25) is 0 Å². The Bertz CT molecular complexity index is 511. The summed E-state index contributed by atoms with van der Waals surface area (Å²) in [4.78, 5) is 4.25. The van der Waals surface area contributed by atoms with E-state index >= 15 is 0 Å². The van der Waals surface area contributed by atoms with E-state index < -0.39 is 0 Å². The molecule has 1 aromatic carbocycles. The number of hydrogen-bond acceptors (Lipinski definition) is 1. The maximum Gasteiger partial charge on any atom is 0.0948 e. The van der Waals surface area contributed by atoms with Crippen LogP contribution >= 0.6 is 0 Å². The summed E-state index contributed by atoms with van der Waals surface area (Å²) in [6, 6.07) is 6.53. The molecule has 90 valence electrons. The van der Waals surface area contributed by atoms with Gasteiger partial charge >= 0.3 is 0 Å². The molecule has 1 heterocycles. The van der Waals surface area contributed by atoms with Crippen molar-refractivity contribution in [2.45, 2.75) is 40.2 Å². The number of aromatic nitrogens is 2. The molecular weight excluding hydrogens is 208 g/mol. The van der Waals surface area contributed by atoms with Gasteiger partial charge in [-0.1, -0.05) is 25.1 Å². The first-order valence-electron chi connectivity index (χ1n) is 6.21. The summed E-state index contributed by atoms with van der Waals surface area (Å²) in [7, 11) is 0. The van der Waals surface area contributed by atoms with Gasteiger partial charge in [-0.2, -0.15) is 0 Å². The Hall–Kier alpha value is -1.57. The fraction of sp³-hybridized carbons (Fsp3) is 0.400. The van der Waals surface area contributed by atoms with Gasteiger partial charge in [-0.25, -0.2) is 4.98 Å². The van der Waals surface area contributed by atoms with E-state index in [1.165, 1.54) is 22.4 Å². The minimum atomic E-state index is 0.400. The number of imidazole rings is 1. The molecular formula is C15H20N2. The highest BCUT2D eigenvalue weighted by molar-refractivity contribution is 5.38. The SMILES string of the molecule is CCn1cncc1C(C)c1cccc(C)c1C. The van der Waals surface area contributed by atoms with E-state index in [0.717, 1.165) is 6.54 Å². The second kappa shape index (κ2) is 4.74. The molecule has 2 rings (SSSR count).